The Morgan fingerprint density at radius 3 is 2.60 bits per heavy atom. The van der Waals surface area contributed by atoms with Crippen molar-refractivity contribution in [2.24, 2.45) is 0 Å². The molecule has 5 rings (SSSR count). The van der Waals surface area contributed by atoms with Crippen LogP contribution in [0.1, 0.15) is 30.0 Å². The highest BCUT2D eigenvalue weighted by Crippen LogP contribution is 2.44. The Hall–Kier alpha value is -3.97. The molecule has 1 aliphatic carbocycles. The molecule has 0 spiro atoms. The number of hydrogen-bond acceptors (Lipinski definition) is 4. The van der Waals surface area contributed by atoms with Crippen molar-refractivity contribution in [2.45, 2.75) is 18.2 Å². The molecular weight excluding hydrogens is 461 g/mol. The summed E-state index contributed by atoms with van der Waals surface area (Å²) >= 11 is 1.69. The molecular formula is C28H23FN3O2S+. The predicted molar refractivity (Wildman–Crippen MR) is 136 cm³/mol. The number of thioether (sulfide) groups is 1. The summed E-state index contributed by atoms with van der Waals surface area (Å²) in [4.78, 5) is 14.1. The molecule has 0 fully saturated rings. The van der Waals surface area contributed by atoms with E-state index in [1.807, 2.05) is 43.5 Å². The van der Waals surface area contributed by atoms with Gasteiger partial charge in [-0.3, -0.25) is 14.6 Å². The van der Waals surface area contributed by atoms with Crippen molar-refractivity contribution in [3.05, 3.63) is 107 Å². The molecule has 4 aromatic rings. The molecule has 5 nitrogen and oxygen atoms in total. The van der Waals surface area contributed by atoms with Gasteiger partial charge in [0.15, 0.2) is 0 Å². The van der Waals surface area contributed by atoms with Crippen LogP contribution in [-0.4, -0.2) is 17.4 Å². The van der Waals surface area contributed by atoms with E-state index >= 15 is 0 Å². The third-order valence-electron chi connectivity index (χ3n) is 5.97. The third-order valence-corrected chi connectivity index (χ3v) is 6.71. The van der Waals surface area contributed by atoms with Gasteiger partial charge in [0.2, 0.25) is 16.9 Å². The summed E-state index contributed by atoms with van der Waals surface area (Å²) in [5, 5.41) is 6.72. The van der Waals surface area contributed by atoms with E-state index in [2.05, 4.69) is 40.9 Å². The maximum Gasteiger partial charge on any atom is 0.302 e. The molecule has 1 aliphatic rings. The standard InChI is InChI=1S/C28H22FN3O2S/c1-18-24(14-19-8-11-22(35-2)12-9-19)23-13-10-20(29)15-26(23)25(18)16-27(33)30-28-17-32(31-34-28)21-6-4-3-5-7-21/h3-15,17H,16H2,1-2H3/p+1/b24-14-. The summed E-state index contributed by atoms with van der Waals surface area (Å²) in [6.07, 6.45) is 5.82. The van der Waals surface area contributed by atoms with Crippen molar-refractivity contribution in [1.82, 2.24) is 5.27 Å². The Morgan fingerprint density at radius 2 is 1.86 bits per heavy atom. The minimum Gasteiger partial charge on any atom is -0.289 e. The summed E-state index contributed by atoms with van der Waals surface area (Å²) in [5.74, 6) is -0.366. The van der Waals surface area contributed by atoms with Gasteiger partial charge in [0.05, 0.1) is 6.42 Å². The Morgan fingerprint density at radius 1 is 1.09 bits per heavy atom. The van der Waals surface area contributed by atoms with Gasteiger partial charge in [0.25, 0.3) is 6.20 Å². The highest BCUT2D eigenvalue weighted by atomic mass is 32.2. The van der Waals surface area contributed by atoms with E-state index in [1.54, 1.807) is 28.7 Å². The number of allylic oxidation sites excluding steroid dienone is 2. The number of carbonyl (C=O) groups excluding carboxylic acids is 1. The minimum absolute atomic E-state index is 0.0804. The molecule has 3 aromatic carbocycles. The number of fused-ring (bicyclic) bond motifs is 1. The van der Waals surface area contributed by atoms with Gasteiger partial charge in [0.1, 0.15) is 5.82 Å². The quantitative estimate of drug-likeness (QED) is 0.263. The average molecular weight is 485 g/mol. The molecule has 174 valence electrons. The van der Waals surface area contributed by atoms with E-state index in [4.69, 9.17) is 4.52 Å². The van der Waals surface area contributed by atoms with Crippen molar-refractivity contribution in [3.8, 4) is 5.69 Å². The number of hydrogen-bond donors (Lipinski definition) is 1. The van der Waals surface area contributed by atoms with Crippen LogP contribution in [0.25, 0.3) is 22.9 Å². The lowest BCUT2D eigenvalue weighted by molar-refractivity contribution is -0.670. The van der Waals surface area contributed by atoms with Crippen LogP contribution < -0.4 is 10.00 Å². The number of nitrogens with one attached hydrogen (secondary N) is 1. The monoisotopic (exact) mass is 484 g/mol. The molecule has 0 radical (unpaired) electrons. The fourth-order valence-electron chi connectivity index (χ4n) is 4.19. The Bertz CT molecular complexity index is 1460. The maximum atomic E-state index is 14.2. The normalized spacial score (nSPS) is 13.9. The number of anilines is 1. The lowest BCUT2D eigenvalue weighted by Gasteiger charge is -2.06. The molecule has 0 atom stereocenters. The maximum absolute atomic E-state index is 14.2. The highest BCUT2D eigenvalue weighted by Gasteiger charge is 2.26. The number of aromatic nitrogens is 2. The van der Waals surface area contributed by atoms with Gasteiger partial charge in [-0.1, -0.05) is 36.4 Å². The van der Waals surface area contributed by atoms with E-state index in [-0.39, 0.29) is 24.0 Å². The zero-order chi connectivity index (χ0) is 24.4. The summed E-state index contributed by atoms with van der Waals surface area (Å²) in [5.41, 5.74) is 6.25. The number of amides is 1. The summed E-state index contributed by atoms with van der Waals surface area (Å²) < 4.78 is 21.0. The van der Waals surface area contributed by atoms with Crippen molar-refractivity contribution in [1.29, 1.82) is 0 Å². The second-order valence-electron chi connectivity index (χ2n) is 8.20. The second-order valence-corrected chi connectivity index (χ2v) is 9.08. The van der Waals surface area contributed by atoms with E-state index in [1.165, 1.54) is 17.0 Å². The lowest BCUT2D eigenvalue weighted by Crippen LogP contribution is -2.31. The smallest absolute Gasteiger partial charge is 0.289 e. The fraction of sp³-hybridized carbons (Fsp3) is 0.107. The van der Waals surface area contributed by atoms with Gasteiger partial charge in [-0.25, -0.2) is 4.39 Å². The minimum atomic E-state index is -0.334. The number of nitrogens with zero attached hydrogens (tertiary/aromatic N) is 2. The van der Waals surface area contributed by atoms with Crippen LogP contribution in [0.15, 0.2) is 94.0 Å². The zero-order valence-corrected chi connectivity index (χ0v) is 20.1. The first-order valence-electron chi connectivity index (χ1n) is 11.1. The molecule has 7 heteroatoms. The molecule has 1 amide bonds. The molecule has 0 saturated heterocycles. The third kappa shape index (κ3) is 4.81. The summed E-state index contributed by atoms with van der Waals surface area (Å²) in [6, 6.07) is 22.5. The first-order valence-corrected chi connectivity index (χ1v) is 12.3. The largest absolute Gasteiger partial charge is 0.302 e. The number of benzene rings is 3. The van der Waals surface area contributed by atoms with Crippen molar-refractivity contribution >= 4 is 40.8 Å². The molecule has 0 aliphatic heterocycles. The van der Waals surface area contributed by atoms with Crippen molar-refractivity contribution in [2.75, 3.05) is 11.6 Å². The molecule has 1 heterocycles. The molecule has 0 unspecified atom stereocenters. The number of para-hydroxylation sites is 1. The molecule has 0 saturated carbocycles. The molecule has 1 N–H and O–H groups in total. The molecule has 1 aromatic heterocycles. The average Bonchev–Trinajstić information content (AvgIpc) is 3.43. The van der Waals surface area contributed by atoms with Crippen LogP contribution in [0.4, 0.5) is 10.3 Å². The fourth-order valence-corrected chi connectivity index (χ4v) is 4.60. The van der Waals surface area contributed by atoms with Gasteiger partial charge in [0, 0.05) is 17.0 Å². The first kappa shape index (κ1) is 22.8. The second kappa shape index (κ2) is 9.72. The van der Waals surface area contributed by atoms with Crippen LogP contribution in [-0.2, 0) is 4.79 Å². The topological polar surface area (TPSA) is 59.0 Å². The van der Waals surface area contributed by atoms with Crippen molar-refractivity contribution in [3.63, 3.8) is 0 Å². The van der Waals surface area contributed by atoms with E-state index in [0.29, 0.717) is 0 Å². The number of halogens is 1. The zero-order valence-electron chi connectivity index (χ0n) is 19.3. The summed E-state index contributed by atoms with van der Waals surface area (Å²) in [7, 11) is 0. The molecule has 35 heavy (non-hydrogen) atoms. The Kier molecular flexibility index (Phi) is 6.33. The van der Waals surface area contributed by atoms with Gasteiger partial charge in [-0.15, -0.1) is 11.8 Å². The van der Waals surface area contributed by atoms with E-state index in [0.717, 1.165) is 39.1 Å². The van der Waals surface area contributed by atoms with Gasteiger partial charge in [-0.05, 0) is 81.6 Å². The van der Waals surface area contributed by atoms with Gasteiger partial charge in [-0.2, -0.15) is 0 Å². The van der Waals surface area contributed by atoms with Crippen LogP contribution in [0, 0.1) is 5.82 Å². The Labute approximate surface area is 207 Å². The van der Waals surface area contributed by atoms with Crippen LogP contribution >= 0.6 is 11.8 Å². The van der Waals surface area contributed by atoms with E-state index in [9.17, 15) is 9.18 Å². The Balaban J connectivity index is 1.41. The lowest BCUT2D eigenvalue weighted by atomic mass is 10.0. The number of carbonyl (C=O) groups is 1. The van der Waals surface area contributed by atoms with Crippen molar-refractivity contribution < 1.29 is 18.4 Å². The molecule has 0 bridgehead atoms. The highest BCUT2D eigenvalue weighted by molar-refractivity contribution is 7.98. The number of rotatable bonds is 6. The predicted octanol–water partition coefficient (Wildman–Crippen LogP) is 6.17. The first-order chi connectivity index (χ1) is 17.0. The van der Waals surface area contributed by atoms with Gasteiger partial charge >= 0.3 is 5.88 Å². The van der Waals surface area contributed by atoms with Crippen LogP contribution in [0.2, 0.25) is 0 Å². The SMILES string of the molecule is CSc1ccc(/C=C2/C(C)=C(CC(=O)Nc3c[n+](-c4ccccc4)no3)c3cc(F)ccc32)cc1. The van der Waals surface area contributed by atoms with Gasteiger partial charge < -0.3 is 0 Å². The van der Waals surface area contributed by atoms with E-state index < -0.39 is 0 Å². The summed E-state index contributed by atoms with van der Waals surface area (Å²) in [6.45, 7) is 1.97. The van der Waals surface area contributed by atoms with Crippen LogP contribution in [0.5, 0.6) is 0 Å². The van der Waals surface area contributed by atoms with Crippen LogP contribution in [0.3, 0.4) is 0 Å².